The van der Waals surface area contributed by atoms with E-state index in [0.29, 0.717) is 23.3 Å². The largest absolute Gasteiger partial charge is 0.351 e. The first-order valence-electron chi connectivity index (χ1n) is 10.5. The number of carbonyl (C=O) groups excluding carboxylic acids is 1. The van der Waals surface area contributed by atoms with Crippen molar-refractivity contribution in [2.75, 3.05) is 0 Å². The zero-order valence-corrected chi connectivity index (χ0v) is 17.7. The van der Waals surface area contributed by atoms with Gasteiger partial charge in [0.2, 0.25) is 5.91 Å². The van der Waals surface area contributed by atoms with Crippen molar-refractivity contribution in [3.8, 4) is 10.4 Å². The number of thiophene rings is 2. The van der Waals surface area contributed by atoms with Gasteiger partial charge in [0, 0.05) is 21.9 Å². The van der Waals surface area contributed by atoms with Gasteiger partial charge in [-0.15, -0.1) is 22.7 Å². The monoisotopic (exact) mass is 425 g/mol. The third-order valence-corrected chi connectivity index (χ3v) is 9.01. The molecule has 0 aliphatic heterocycles. The number of carbonyl (C=O) groups is 1. The fourth-order valence-corrected chi connectivity index (χ4v) is 7.96. The van der Waals surface area contributed by atoms with Gasteiger partial charge in [0.1, 0.15) is 11.4 Å². The SMILES string of the molecule is O=C(Cn1cnc2scc(-c3cccs3)c2c1=O)NC1C2CC3CC(C2)CC1C3. The summed E-state index contributed by atoms with van der Waals surface area (Å²) in [5, 5.41) is 7.92. The Morgan fingerprint density at radius 1 is 1.14 bits per heavy atom. The van der Waals surface area contributed by atoms with Crippen molar-refractivity contribution in [2.24, 2.45) is 23.7 Å². The average molecular weight is 426 g/mol. The molecule has 0 saturated heterocycles. The third-order valence-electron chi connectivity index (χ3n) is 7.22. The molecule has 4 aliphatic carbocycles. The van der Waals surface area contributed by atoms with Crippen LogP contribution in [-0.2, 0) is 11.3 Å². The number of rotatable bonds is 4. The zero-order valence-electron chi connectivity index (χ0n) is 16.0. The molecule has 150 valence electrons. The standard InChI is InChI=1S/C22H23N3O2S2/c26-18(24-20-14-5-12-4-13(7-14)8-15(20)6-12)9-25-11-23-21-19(22(25)27)16(10-29-21)17-2-1-3-28-17/h1-3,10-15,20H,4-9H2,(H,24,26). The Morgan fingerprint density at radius 2 is 1.90 bits per heavy atom. The van der Waals surface area contributed by atoms with E-state index in [1.54, 1.807) is 11.3 Å². The minimum absolute atomic E-state index is 0.0459. The maximum atomic E-state index is 13.1. The topological polar surface area (TPSA) is 64.0 Å². The van der Waals surface area contributed by atoms with Gasteiger partial charge in [-0.2, -0.15) is 0 Å². The predicted octanol–water partition coefficient (Wildman–Crippen LogP) is 4.13. The van der Waals surface area contributed by atoms with Crippen LogP contribution in [0.1, 0.15) is 32.1 Å². The van der Waals surface area contributed by atoms with Crippen molar-refractivity contribution >= 4 is 38.8 Å². The first kappa shape index (κ1) is 17.8. The van der Waals surface area contributed by atoms with Gasteiger partial charge in [0.25, 0.3) is 5.56 Å². The molecule has 0 radical (unpaired) electrons. The molecule has 5 nitrogen and oxygen atoms in total. The van der Waals surface area contributed by atoms with Crippen LogP contribution in [0.25, 0.3) is 20.7 Å². The molecular weight excluding hydrogens is 402 g/mol. The smallest absolute Gasteiger partial charge is 0.263 e. The number of hydrogen-bond donors (Lipinski definition) is 1. The lowest BCUT2D eigenvalue weighted by atomic mass is 9.54. The molecule has 7 heteroatoms. The highest BCUT2D eigenvalue weighted by molar-refractivity contribution is 7.18. The van der Waals surface area contributed by atoms with Gasteiger partial charge in [0.15, 0.2) is 0 Å². The van der Waals surface area contributed by atoms with Crippen LogP contribution in [0.15, 0.2) is 34.0 Å². The summed E-state index contributed by atoms with van der Waals surface area (Å²) >= 11 is 3.09. The van der Waals surface area contributed by atoms with Crippen LogP contribution in [0.3, 0.4) is 0 Å². The second kappa shape index (κ2) is 6.77. The van der Waals surface area contributed by atoms with Gasteiger partial charge >= 0.3 is 0 Å². The lowest BCUT2D eigenvalue weighted by Gasteiger charge is -2.54. The first-order chi connectivity index (χ1) is 14.2. The molecule has 0 aromatic carbocycles. The minimum atomic E-state index is -0.125. The number of fused-ring (bicyclic) bond motifs is 1. The number of nitrogens with one attached hydrogen (secondary N) is 1. The van der Waals surface area contributed by atoms with Crippen molar-refractivity contribution in [1.29, 1.82) is 0 Å². The molecular formula is C22H23N3O2S2. The van der Waals surface area contributed by atoms with Crippen LogP contribution in [0.2, 0.25) is 0 Å². The van der Waals surface area contributed by atoms with E-state index in [1.807, 2.05) is 22.9 Å². The summed E-state index contributed by atoms with van der Waals surface area (Å²) in [6.45, 7) is 0.0459. The van der Waals surface area contributed by atoms with Crippen LogP contribution in [0.5, 0.6) is 0 Å². The third kappa shape index (κ3) is 2.97. The van der Waals surface area contributed by atoms with Gasteiger partial charge in [0.05, 0.1) is 11.7 Å². The Labute approximate surface area is 176 Å². The quantitative estimate of drug-likeness (QED) is 0.684. The number of hydrogen-bond acceptors (Lipinski definition) is 5. The highest BCUT2D eigenvalue weighted by atomic mass is 32.1. The minimum Gasteiger partial charge on any atom is -0.351 e. The van der Waals surface area contributed by atoms with Crippen LogP contribution in [0.4, 0.5) is 0 Å². The first-order valence-corrected chi connectivity index (χ1v) is 12.2. The summed E-state index contributed by atoms with van der Waals surface area (Å²) in [5.74, 6) is 2.98. The van der Waals surface area contributed by atoms with E-state index in [-0.39, 0.29) is 18.0 Å². The van der Waals surface area contributed by atoms with E-state index in [4.69, 9.17) is 0 Å². The van der Waals surface area contributed by atoms with Crippen molar-refractivity contribution in [3.05, 3.63) is 39.6 Å². The fraction of sp³-hybridized carbons (Fsp3) is 0.500. The van der Waals surface area contributed by atoms with E-state index in [0.717, 1.165) is 27.1 Å². The van der Waals surface area contributed by atoms with Gasteiger partial charge in [-0.05, 0) is 67.2 Å². The summed E-state index contributed by atoms with van der Waals surface area (Å²) < 4.78 is 1.47. The molecule has 0 spiro atoms. The normalized spacial score (nSPS) is 30.1. The van der Waals surface area contributed by atoms with E-state index < -0.39 is 0 Å². The second-order valence-electron chi connectivity index (χ2n) is 9.01. The average Bonchev–Trinajstić information content (AvgIpc) is 3.36. The molecule has 3 aromatic heterocycles. The maximum absolute atomic E-state index is 13.1. The Bertz CT molecular complexity index is 1100. The Kier molecular flexibility index (Phi) is 4.17. The van der Waals surface area contributed by atoms with Crippen molar-refractivity contribution in [1.82, 2.24) is 14.9 Å². The van der Waals surface area contributed by atoms with Gasteiger partial charge in [-0.25, -0.2) is 4.98 Å². The van der Waals surface area contributed by atoms with Crippen molar-refractivity contribution < 1.29 is 4.79 Å². The van der Waals surface area contributed by atoms with Crippen LogP contribution >= 0.6 is 22.7 Å². The predicted molar refractivity (Wildman–Crippen MR) is 116 cm³/mol. The molecule has 3 aromatic rings. The van der Waals surface area contributed by atoms with Crippen LogP contribution in [-0.4, -0.2) is 21.5 Å². The molecule has 4 aliphatic rings. The highest BCUT2D eigenvalue weighted by Gasteiger charge is 2.48. The molecule has 1 N–H and O–H groups in total. The second-order valence-corrected chi connectivity index (χ2v) is 10.8. The number of amides is 1. The van der Waals surface area contributed by atoms with Crippen molar-refractivity contribution in [2.45, 2.75) is 44.7 Å². The molecule has 29 heavy (non-hydrogen) atoms. The molecule has 4 fully saturated rings. The molecule has 4 bridgehead atoms. The summed E-state index contributed by atoms with van der Waals surface area (Å²) in [7, 11) is 0. The fourth-order valence-electron chi connectivity index (χ4n) is 6.24. The summed E-state index contributed by atoms with van der Waals surface area (Å²) in [6.07, 6.45) is 8.00. The van der Waals surface area contributed by atoms with E-state index in [9.17, 15) is 9.59 Å². The Hall–Kier alpha value is -1.99. The lowest BCUT2D eigenvalue weighted by Crippen LogP contribution is -2.56. The maximum Gasteiger partial charge on any atom is 0.263 e. The molecule has 0 unspecified atom stereocenters. The summed E-state index contributed by atoms with van der Waals surface area (Å²) in [5.41, 5.74) is 0.799. The highest BCUT2D eigenvalue weighted by Crippen LogP contribution is 2.53. The van der Waals surface area contributed by atoms with Crippen LogP contribution in [0, 0.1) is 23.7 Å². The van der Waals surface area contributed by atoms with Gasteiger partial charge in [-0.1, -0.05) is 6.07 Å². The lowest BCUT2D eigenvalue weighted by molar-refractivity contribution is -0.125. The molecule has 7 rings (SSSR count). The van der Waals surface area contributed by atoms with Gasteiger partial charge in [-0.3, -0.25) is 14.2 Å². The zero-order chi connectivity index (χ0) is 19.5. The Morgan fingerprint density at radius 3 is 2.59 bits per heavy atom. The summed E-state index contributed by atoms with van der Waals surface area (Å²) in [6, 6.07) is 4.30. The molecule has 4 saturated carbocycles. The van der Waals surface area contributed by atoms with Crippen LogP contribution < -0.4 is 10.9 Å². The van der Waals surface area contributed by atoms with E-state index in [2.05, 4.69) is 10.3 Å². The van der Waals surface area contributed by atoms with E-state index in [1.165, 1.54) is 54.3 Å². The Balaban J connectivity index is 1.25. The van der Waals surface area contributed by atoms with E-state index >= 15 is 0 Å². The molecule has 1 amide bonds. The number of aromatic nitrogens is 2. The summed E-state index contributed by atoms with van der Waals surface area (Å²) in [4.78, 5) is 32.2. The molecule has 0 atom stereocenters. The number of nitrogens with zero attached hydrogens (tertiary/aromatic N) is 2. The van der Waals surface area contributed by atoms with Gasteiger partial charge < -0.3 is 5.32 Å². The molecule has 3 heterocycles. The van der Waals surface area contributed by atoms with Crippen molar-refractivity contribution in [3.63, 3.8) is 0 Å².